The summed E-state index contributed by atoms with van der Waals surface area (Å²) in [5, 5.41) is 30.3. The van der Waals surface area contributed by atoms with E-state index in [0.717, 1.165) is 0 Å². The predicted octanol–water partition coefficient (Wildman–Crippen LogP) is -1.24. The molecule has 0 aliphatic heterocycles. The molecule has 8 heteroatoms. The fourth-order valence-electron chi connectivity index (χ4n) is 0. The molecular weight excluding hydrogens is 256 g/mol. The summed E-state index contributed by atoms with van der Waals surface area (Å²) >= 11 is -3.58. The van der Waals surface area contributed by atoms with Crippen molar-refractivity contribution < 1.29 is 49.7 Å². The molecule has 104 valence electrons. The van der Waals surface area contributed by atoms with Crippen molar-refractivity contribution in [2.24, 2.45) is 0 Å². The van der Waals surface area contributed by atoms with Crippen LogP contribution in [0.1, 0.15) is 27.7 Å². The molecule has 0 fully saturated rings. The van der Waals surface area contributed by atoms with Crippen LogP contribution in [0, 0.1) is 0 Å². The Labute approximate surface area is 104 Å². The van der Waals surface area contributed by atoms with Crippen molar-refractivity contribution in [1.29, 1.82) is 0 Å². The number of hydrogen-bond acceptors (Lipinski definition) is 5. The third-order valence-electron chi connectivity index (χ3n) is 0. The fourth-order valence-corrected chi connectivity index (χ4v) is 0. The Bertz CT molecular complexity index is 70.8. The Kier molecular flexibility index (Phi) is 110. The van der Waals surface area contributed by atoms with E-state index >= 15 is 0 Å². The maximum absolute atomic E-state index is 8.81. The van der Waals surface area contributed by atoms with Gasteiger partial charge in [0.15, 0.2) is 0 Å². The van der Waals surface area contributed by atoms with E-state index in [-0.39, 0.29) is 26.4 Å². The second-order valence-corrected chi connectivity index (χ2v) is 2.43. The van der Waals surface area contributed by atoms with Crippen LogP contribution in [0.25, 0.3) is 0 Å². The second-order valence-electron chi connectivity index (χ2n) is 1.55. The fraction of sp³-hybridized carbons (Fsp3) is 1.00. The van der Waals surface area contributed by atoms with E-state index in [1.807, 2.05) is 0 Å². The van der Waals surface area contributed by atoms with Gasteiger partial charge in [-0.25, -0.2) is 0 Å². The van der Waals surface area contributed by atoms with Crippen LogP contribution < -0.4 is 0 Å². The van der Waals surface area contributed by atoms with Gasteiger partial charge < -0.3 is 20.4 Å². The Morgan fingerprint density at radius 1 is 0.688 bits per heavy atom. The SMILES string of the molecule is CCO.CCO.CCO.CCO.[O]=[Ti]([OH])[OH]. The average Bonchev–Trinajstić information content (AvgIpc) is 2.06. The third-order valence-corrected chi connectivity index (χ3v) is 0. The summed E-state index contributed by atoms with van der Waals surface area (Å²) in [6.45, 7) is 7.72. The van der Waals surface area contributed by atoms with Gasteiger partial charge in [0.1, 0.15) is 0 Å². The van der Waals surface area contributed by atoms with Crippen molar-refractivity contribution in [3.63, 3.8) is 0 Å². The van der Waals surface area contributed by atoms with E-state index in [1.54, 1.807) is 27.7 Å². The zero-order chi connectivity index (χ0) is 14.4. The number of aliphatic hydroxyl groups is 4. The molecule has 0 heterocycles. The normalized spacial score (nSPS) is 6.12. The van der Waals surface area contributed by atoms with Crippen LogP contribution in [0.3, 0.4) is 0 Å². The summed E-state index contributed by atoms with van der Waals surface area (Å²) < 4.78 is 23.2. The Balaban J connectivity index is -0.0000000317. The number of hydrogen-bond donors (Lipinski definition) is 6. The van der Waals surface area contributed by atoms with Crippen LogP contribution in [0.15, 0.2) is 0 Å². The Morgan fingerprint density at radius 2 is 0.688 bits per heavy atom. The van der Waals surface area contributed by atoms with E-state index < -0.39 is 18.6 Å². The summed E-state index contributed by atoms with van der Waals surface area (Å²) in [5.41, 5.74) is 0. The monoisotopic (exact) mass is 282 g/mol. The van der Waals surface area contributed by atoms with Gasteiger partial charge in [-0.2, -0.15) is 0 Å². The molecule has 16 heavy (non-hydrogen) atoms. The third kappa shape index (κ3) is 33400. The standard InChI is InChI=1S/4C2H6O.2H2O.O.Ti/c4*1-2-3;;;;/h4*3H,2H2,1H3;2*1H2;;/q;;;;;;;+2/p-2. The molecule has 0 aromatic rings. The predicted molar refractivity (Wildman–Crippen MR) is 56.2 cm³/mol. The van der Waals surface area contributed by atoms with E-state index in [1.165, 1.54) is 0 Å². The summed E-state index contributed by atoms with van der Waals surface area (Å²) in [4.78, 5) is 0. The first-order chi connectivity index (χ1) is 7.39. The van der Waals surface area contributed by atoms with Crippen LogP contribution >= 0.6 is 0 Å². The Morgan fingerprint density at radius 3 is 0.688 bits per heavy atom. The van der Waals surface area contributed by atoms with Crippen molar-refractivity contribution in [3.8, 4) is 0 Å². The molecule has 0 aliphatic rings. The van der Waals surface area contributed by atoms with Crippen molar-refractivity contribution >= 4 is 0 Å². The van der Waals surface area contributed by atoms with Gasteiger partial charge >= 0.3 is 29.3 Å². The molecule has 0 aromatic heterocycles. The van der Waals surface area contributed by atoms with Gasteiger partial charge in [-0.1, -0.05) is 0 Å². The molecule has 0 amide bonds. The average molecular weight is 282 g/mol. The van der Waals surface area contributed by atoms with E-state index in [9.17, 15) is 0 Å². The molecule has 7 nitrogen and oxygen atoms in total. The topological polar surface area (TPSA) is 138 Å². The summed E-state index contributed by atoms with van der Waals surface area (Å²) in [6, 6.07) is 0. The molecule has 0 spiro atoms. The first kappa shape index (κ1) is 29.9. The molecular formula is C8H26O7Ti. The van der Waals surface area contributed by atoms with Crippen molar-refractivity contribution in [2.75, 3.05) is 26.4 Å². The van der Waals surface area contributed by atoms with Crippen molar-refractivity contribution in [3.05, 3.63) is 0 Å². The molecule has 0 atom stereocenters. The van der Waals surface area contributed by atoms with E-state index in [4.69, 9.17) is 31.1 Å². The van der Waals surface area contributed by atoms with Gasteiger partial charge in [0.05, 0.1) is 0 Å². The van der Waals surface area contributed by atoms with Crippen LogP contribution in [-0.2, 0) is 21.9 Å². The molecule has 0 saturated heterocycles. The van der Waals surface area contributed by atoms with Crippen LogP contribution in [0.5, 0.6) is 0 Å². The summed E-state index contributed by atoms with van der Waals surface area (Å²) in [7, 11) is 0. The van der Waals surface area contributed by atoms with Gasteiger partial charge in [0, 0.05) is 26.4 Å². The Hall–Kier alpha value is 0.274. The van der Waals surface area contributed by atoms with Gasteiger partial charge in [0.25, 0.3) is 0 Å². The number of rotatable bonds is 0. The maximum atomic E-state index is 8.81. The molecule has 0 saturated carbocycles. The molecule has 0 radical (unpaired) electrons. The van der Waals surface area contributed by atoms with Crippen molar-refractivity contribution in [2.45, 2.75) is 27.7 Å². The van der Waals surface area contributed by atoms with Crippen LogP contribution in [0.4, 0.5) is 0 Å². The summed E-state index contributed by atoms with van der Waals surface area (Å²) in [5.74, 6) is 0. The van der Waals surface area contributed by atoms with E-state index in [0.29, 0.717) is 0 Å². The first-order valence-corrected chi connectivity index (χ1v) is 6.78. The second kappa shape index (κ2) is 58.8. The molecule has 0 rings (SSSR count). The first-order valence-electron chi connectivity index (χ1n) is 4.74. The molecule has 0 aromatic carbocycles. The molecule has 0 aliphatic carbocycles. The van der Waals surface area contributed by atoms with Crippen molar-refractivity contribution in [1.82, 2.24) is 0 Å². The zero-order valence-electron chi connectivity index (χ0n) is 10.4. The number of aliphatic hydroxyl groups excluding tert-OH is 4. The van der Waals surface area contributed by atoms with Gasteiger partial charge in [-0.05, 0) is 27.7 Å². The molecule has 0 bridgehead atoms. The summed E-state index contributed by atoms with van der Waals surface area (Å²) in [6.07, 6.45) is 0. The zero-order valence-corrected chi connectivity index (χ0v) is 12.0. The minimum absolute atomic E-state index is 0.250. The van der Waals surface area contributed by atoms with Gasteiger partial charge in [-0.15, -0.1) is 0 Å². The van der Waals surface area contributed by atoms with E-state index in [2.05, 4.69) is 0 Å². The molecule has 0 unspecified atom stereocenters. The minimum atomic E-state index is -3.58. The van der Waals surface area contributed by atoms with Crippen LogP contribution in [0.2, 0.25) is 0 Å². The van der Waals surface area contributed by atoms with Gasteiger partial charge in [0.2, 0.25) is 0 Å². The van der Waals surface area contributed by atoms with Crippen LogP contribution in [-0.4, -0.2) is 54.2 Å². The quantitative estimate of drug-likeness (QED) is 0.305. The van der Waals surface area contributed by atoms with Gasteiger partial charge in [-0.3, -0.25) is 0 Å². The molecule has 6 N–H and O–H groups in total.